The van der Waals surface area contributed by atoms with Crippen molar-refractivity contribution >= 4 is 12.3 Å². The molecule has 1 fully saturated rings. The van der Waals surface area contributed by atoms with Crippen LogP contribution in [0.5, 0.6) is 0 Å². The molecule has 0 saturated heterocycles. The van der Waals surface area contributed by atoms with Gasteiger partial charge in [-0.3, -0.25) is 4.79 Å². The molecule has 3 nitrogen and oxygen atoms in total. The summed E-state index contributed by atoms with van der Waals surface area (Å²) in [6.45, 7) is 0. The fourth-order valence-corrected chi connectivity index (χ4v) is 2.93. The monoisotopic (exact) mass is 242 g/mol. The van der Waals surface area contributed by atoms with Gasteiger partial charge < -0.3 is 4.74 Å². The SMILES string of the molecule is O=C[C@@]1(OC(=O)c2ccccc2)C[C@H]2C=C[C@@H]1C2. The zero-order valence-electron chi connectivity index (χ0n) is 9.91. The van der Waals surface area contributed by atoms with Crippen molar-refractivity contribution in [2.75, 3.05) is 0 Å². The number of ether oxygens (including phenoxy) is 1. The van der Waals surface area contributed by atoms with Crippen molar-refractivity contribution < 1.29 is 14.3 Å². The van der Waals surface area contributed by atoms with E-state index in [1.807, 2.05) is 12.1 Å². The third-order valence-corrected chi connectivity index (χ3v) is 3.87. The topological polar surface area (TPSA) is 43.4 Å². The molecule has 92 valence electrons. The van der Waals surface area contributed by atoms with E-state index in [9.17, 15) is 9.59 Å². The molecule has 2 aliphatic carbocycles. The van der Waals surface area contributed by atoms with Gasteiger partial charge in [0.1, 0.15) is 0 Å². The molecule has 3 atom stereocenters. The number of hydrogen-bond donors (Lipinski definition) is 0. The number of rotatable bonds is 3. The van der Waals surface area contributed by atoms with Gasteiger partial charge >= 0.3 is 5.97 Å². The van der Waals surface area contributed by atoms with E-state index in [1.54, 1.807) is 24.3 Å². The average Bonchev–Trinajstić information content (AvgIpc) is 3.00. The summed E-state index contributed by atoms with van der Waals surface area (Å²) in [5, 5.41) is 0. The Labute approximate surface area is 105 Å². The maximum Gasteiger partial charge on any atom is 0.339 e. The molecule has 1 saturated carbocycles. The van der Waals surface area contributed by atoms with Gasteiger partial charge in [0.15, 0.2) is 11.9 Å². The van der Waals surface area contributed by atoms with Gasteiger partial charge in [-0.1, -0.05) is 30.4 Å². The molecule has 0 heterocycles. The van der Waals surface area contributed by atoms with Crippen LogP contribution < -0.4 is 0 Å². The first-order valence-electron chi connectivity index (χ1n) is 6.16. The zero-order chi connectivity index (χ0) is 12.6. The highest BCUT2D eigenvalue weighted by atomic mass is 16.6. The van der Waals surface area contributed by atoms with E-state index in [4.69, 9.17) is 4.74 Å². The first-order valence-corrected chi connectivity index (χ1v) is 6.16. The summed E-state index contributed by atoms with van der Waals surface area (Å²) >= 11 is 0. The fourth-order valence-electron chi connectivity index (χ4n) is 2.93. The van der Waals surface area contributed by atoms with Crippen LogP contribution in [0.2, 0.25) is 0 Å². The molecular weight excluding hydrogens is 228 g/mol. The fraction of sp³-hybridized carbons (Fsp3) is 0.333. The van der Waals surface area contributed by atoms with E-state index in [-0.39, 0.29) is 5.92 Å². The maximum atomic E-state index is 12.0. The van der Waals surface area contributed by atoms with Crippen molar-refractivity contribution in [3.8, 4) is 0 Å². The number of benzene rings is 1. The molecule has 2 aliphatic rings. The third kappa shape index (κ3) is 1.67. The van der Waals surface area contributed by atoms with Crippen LogP contribution in [0.25, 0.3) is 0 Å². The van der Waals surface area contributed by atoms with Gasteiger partial charge in [0.2, 0.25) is 0 Å². The Balaban J connectivity index is 1.82. The predicted molar refractivity (Wildman–Crippen MR) is 66.0 cm³/mol. The molecule has 0 unspecified atom stereocenters. The van der Waals surface area contributed by atoms with Crippen molar-refractivity contribution in [2.24, 2.45) is 11.8 Å². The summed E-state index contributed by atoms with van der Waals surface area (Å²) in [4.78, 5) is 23.4. The van der Waals surface area contributed by atoms with Crippen molar-refractivity contribution in [3.63, 3.8) is 0 Å². The highest BCUT2D eigenvalue weighted by molar-refractivity contribution is 5.91. The molecule has 0 spiro atoms. The lowest BCUT2D eigenvalue weighted by atomic mass is 9.89. The summed E-state index contributed by atoms with van der Waals surface area (Å²) in [6.07, 6.45) is 6.46. The number of carbonyl (C=O) groups excluding carboxylic acids is 2. The molecule has 1 aromatic rings. The third-order valence-electron chi connectivity index (χ3n) is 3.87. The molecule has 3 heteroatoms. The molecular formula is C15H14O3. The van der Waals surface area contributed by atoms with Crippen molar-refractivity contribution in [2.45, 2.75) is 18.4 Å². The van der Waals surface area contributed by atoms with E-state index in [2.05, 4.69) is 6.08 Å². The van der Waals surface area contributed by atoms with Crippen molar-refractivity contribution in [1.82, 2.24) is 0 Å². The molecule has 0 aromatic heterocycles. The van der Waals surface area contributed by atoms with Gasteiger partial charge in [-0.05, 0) is 24.5 Å². The van der Waals surface area contributed by atoms with Gasteiger partial charge in [-0.2, -0.15) is 0 Å². The first-order chi connectivity index (χ1) is 8.73. The smallest absolute Gasteiger partial charge is 0.339 e. The van der Waals surface area contributed by atoms with Gasteiger partial charge in [0.25, 0.3) is 0 Å². The van der Waals surface area contributed by atoms with Crippen molar-refractivity contribution in [1.29, 1.82) is 0 Å². The Morgan fingerprint density at radius 2 is 2.06 bits per heavy atom. The largest absolute Gasteiger partial charge is 0.447 e. The van der Waals surface area contributed by atoms with Crippen LogP contribution in [0.1, 0.15) is 23.2 Å². The Bertz CT molecular complexity index is 506. The highest BCUT2D eigenvalue weighted by Crippen LogP contribution is 2.47. The van der Waals surface area contributed by atoms with Crippen LogP contribution in [-0.2, 0) is 9.53 Å². The molecule has 0 amide bonds. The maximum absolute atomic E-state index is 12.0. The summed E-state index contributed by atoms with van der Waals surface area (Å²) in [5.41, 5.74) is -0.447. The second kappa shape index (κ2) is 4.09. The number of fused-ring (bicyclic) bond motifs is 2. The Hall–Kier alpha value is -1.90. The summed E-state index contributed by atoms with van der Waals surface area (Å²) < 4.78 is 5.51. The second-order valence-corrected chi connectivity index (χ2v) is 5.02. The number of esters is 1. The predicted octanol–water partition coefficient (Wildman–Crippen LogP) is 2.38. The molecule has 0 radical (unpaired) electrons. The lowest BCUT2D eigenvalue weighted by Crippen LogP contribution is -2.40. The number of aldehydes is 1. The zero-order valence-corrected chi connectivity index (χ0v) is 9.91. The van der Waals surface area contributed by atoms with Crippen LogP contribution in [-0.4, -0.2) is 17.9 Å². The summed E-state index contributed by atoms with van der Waals surface area (Å²) in [6, 6.07) is 8.80. The van der Waals surface area contributed by atoms with Crippen LogP contribution >= 0.6 is 0 Å². The quantitative estimate of drug-likeness (QED) is 0.464. The minimum atomic E-state index is -0.938. The molecule has 1 aromatic carbocycles. The van der Waals surface area contributed by atoms with Gasteiger partial charge in [0.05, 0.1) is 5.56 Å². The molecule has 0 N–H and O–H groups in total. The van der Waals surface area contributed by atoms with E-state index >= 15 is 0 Å². The summed E-state index contributed by atoms with van der Waals surface area (Å²) in [5.74, 6) is 0.0140. The second-order valence-electron chi connectivity index (χ2n) is 5.02. The molecule has 2 bridgehead atoms. The summed E-state index contributed by atoms with van der Waals surface area (Å²) in [7, 11) is 0. The number of hydrogen-bond acceptors (Lipinski definition) is 3. The number of allylic oxidation sites excluding steroid dienone is 1. The average molecular weight is 242 g/mol. The van der Waals surface area contributed by atoms with E-state index in [0.717, 1.165) is 12.7 Å². The lowest BCUT2D eigenvalue weighted by Gasteiger charge is -2.29. The molecule has 3 rings (SSSR count). The van der Waals surface area contributed by atoms with E-state index in [0.29, 0.717) is 17.9 Å². The molecule has 18 heavy (non-hydrogen) atoms. The minimum absolute atomic E-state index is 0.0488. The Morgan fingerprint density at radius 1 is 1.28 bits per heavy atom. The van der Waals surface area contributed by atoms with Crippen LogP contribution in [0.4, 0.5) is 0 Å². The highest BCUT2D eigenvalue weighted by Gasteiger charge is 2.51. The lowest BCUT2D eigenvalue weighted by molar-refractivity contribution is -0.127. The normalized spacial score (nSPS) is 32.4. The number of carbonyl (C=O) groups is 2. The van der Waals surface area contributed by atoms with Gasteiger partial charge in [0, 0.05) is 12.3 Å². The standard InChI is InChI=1S/C15H14O3/c16-10-15(9-11-6-7-13(15)8-11)18-14(17)12-4-2-1-3-5-12/h1-7,10-11,13H,8-9H2/t11-,13+,15-/m0/s1. The first kappa shape index (κ1) is 11.2. The van der Waals surface area contributed by atoms with Crippen LogP contribution in [0.3, 0.4) is 0 Å². The van der Waals surface area contributed by atoms with Gasteiger partial charge in [-0.15, -0.1) is 0 Å². The van der Waals surface area contributed by atoms with Crippen LogP contribution in [0, 0.1) is 11.8 Å². The van der Waals surface area contributed by atoms with Crippen molar-refractivity contribution in [3.05, 3.63) is 48.0 Å². The Kier molecular flexibility index (Phi) is 2.54. The van der Waals surface area contributed by atoms with E-state index in [1.165, 1.54) is 0 Å². The van der Waals surface area contributed by atoms with Gasteiger partial charge in [-0.25, -0.2) is 4.79 Å². The van der Waals surface area contributed by atoms with Crippen LogP contribution in [0.15, 0.2) is 42.5 Å². The Morgan fingerprint density at radius 3 is 2.61 bits per heavy atom. The minimum Gasteiger partial charge on any atom is -0.447 e. The van der Waals surface area contributed by atoms with E-state index < -0.39 is 11.6 Å². The molecule has 0 aliphatic heterocycles.